The number of thiol groups is 1. The molecule has 0 spiro atoms. The van der Waals surface area contributed by atoms with Gasteiger partial charge in [0.15, 0.2) is 8.32 Å². The van der Waals surface area contributed by atoms with Gasteiger partial charge in [0.2, 0.25) is 0 Å². The molecule has 0 radical (unpaired) electrons. The zero-order chi connectivity index (χ0) is 9.45. The maximum absolute atomic E-state index is 5.45. The van der Waals surface area contributed by atoms with Crippen molar-refractivity contribution >= 4 is 32.7 Å². The fourth-order valence-electron chi connectivity index (χ4n) is 0.689. The first-order valence-electron chi connectivity index (χ1n) is 4.36. The molecule has 1 nitrogen and oxygen atoms in total. The van der Waals surface area contributed by atoms with E-state index in [-0.39, 0.29) is 0 Å². The van der Waals surface area contributed by atoms with Crippen molar-refractivity contribution in [3.8, 4) is 0 Å². The maximum Gasteiger partial charge on any atom is 0.187 e. The van der Waals surface area contributed by atoms with Crippen molar-refractivity contribution in [1.29, 1.82) is 0 Å². The van der Waals surface area contributed by atoms with E-state index in [1.165, 1.54) is 24.0 Å². The molecule has 0 aromatic heterocycles. The molecule has 0 aromatic carbocycles. The minimum Gasteiger partial charge on any atom is -0.420 e. The lowest BCUT2D eigenvalue weighted by molar-refractivity contribution is 0.405. The number of hydrogen-bond donors (Lipinski definition) is 1. The number of hydrogen-bond acceptors (Lipinski definition) is 3. The molecule has 0 fully saturated rings. The minimum atomic E-state index is -1.28. The zero-order valence-corrected chi connectivity index (χ0v) is 11.0. The molecular formula is C8H20OS2Si. The zero-order valence-electron chi connectivity index (χ0n) is 8.30. The highest BCUT2D eigenvalue weighted by atomic mass is 32.2. The Hall–Kier alpha value is 0.877. The molecule has 0 aliphatic heterocycles. The van der Waals surface area contributed by atoms with Crippen molar-refractivity contribution in [3.05, 3.63) is 0 Å². The molecule has 0 heterocycles. The first-order valence-corrected chi connectivity index (χ1v) is 9.26. The van der Waals surface area contributed by atoms with E-state index in [9.17, 15) is 0 Å². The molecule has 0 N–H and O–H groups in total. The number of thioether (sulfide) groups is 1. The fourth-order valence-corrected chi connectivity index (χ4v) is 4.36. The monoisotopic (exact) mass is 224 g/mol. The highest BCUT2D eigenvalue weighted by Gasteiger charge is 2.19. The van der Waals surface area contributed by atoms with E-state index in [1.807, 2.05) is 18.9 Å². The highest BCUT2D eigenvalue weighted by Crippen LogP contribution is 2.15. The molecule has 74 valence electrons. The molecule has 0 saturated carbocycles. The molecule has 0 aromatic rings. The molecule has 4 heteroatoms. The van der Waals surface area contributed by atoms with Crippen LogP contribution in [0.1, 0.15) is 6.42 Å². The summed E-state index contributed by atoms with van der Waals surface area (Å²) in [6.07, 6.45) is 1.22. The predicted octanol–water partition coefficient (Wildman–Crippen LogP) is 2.89. The molecule has 0 amide bonds. The second-order valence-corrected chi connectivity index (χ2v) is 9.50. The smallest absolute Gasteiger partial charge is 0.187 e. The van der Waals surface area contributed by atoms with Gasteiger partial charge in [-0.1, -0.05) is 0 Å². The normalized spacial score (nSPS) is 12.0. The Balaban J connectivity index is 3.19. The standard InChI is InChI=1S/C8H20OS2Si/c1-9-12(2,3)8-7-11-6-4-5-10/h10H,4-8H2,1-3H3. The molecule has 0 aliphatic rings. The van der Waals surface area contributed by atoms with Crippen LogP contribution in [0.25, 0.3) is 0 Å². The highest BCUT2D eigenvalue weighted by molar-refractivity contribution is 7.99. The van der Waals surface area contributed by atoms with Crippen molar-refractivity contribution in [1.82, 2.24) is 0 Å². The van der Waals surface area contributed by atoms with Crippen molar-refractivity contribution in [3.63, 3.8) is 0 Å². The molecule has 0 bridgehead atoms. The van der Waals surface area contributed by atoms with Crippen molar-refractivity contribution in [2.75, 3.05) is 24.4 Å². The average molecular weight is 224 g/mol. The van der Waals surface area contributed by atoms with Crippen molar-refractivity contribution in [2.45, 2.75) is 25.6 Å². The summed E-state index contributed by atoms with van der Waals surface area (Å²) in [5.74, 6) is 3.51. The van der Waals surface area contributed by atoms with Crippen LogP contribution in [0.15, 0.2) is 0 Å². The van der Waals surface area contributed by atoms with Gasteiger partial charge >= 0.3 is 0 Å². The van der Waals surface area contributed by atoms with E-state index in [2.05, 4.69) is 25.7 Å². The Morgan fingerprint density at radius 1 is 1.33 bits per heavy atom. The van der Waals surface area contributed by atoms with Gasteiger partial charge in [0.05, 0.1) is 0 Å². The lowest BCUT2D eigenvalue weighted by Crippen LogP contribution is -2.28. The molecule has 0 unspecified atom stereocenters. The van der Waals surface area contributed by atoms with Crippen molar-refractivity contribution in [2.24, 2.45) is 0 Å². The van der Waals surface area contributed by atoms with Crippen LogP contribution in [0.5, 0.6) is 0 Å². The molecule has 12 heavy (non-hydrogen) atoms. The van der Waals surface area contributed by atoms with Gasteiger partial charge in [-0.05, 0) is 42.8 Å². The molecule has 0 rings (SSSR count). The lowest BCUT2D eigenvalue weighted by atomic mass is 10.6. The summed E-state index contributed by atoms with van der Waals surface area (Å²) in [6.45, 7) is 4.54. The first-order chi connectivity index (χ1) is 5.62. The van der Waals surface area contributed by atoms with Gasteiger partial charge in [-0.2, -0.15) is 24.4 Å². The largest absolute Gasteiger partial charge is 0.420 e. The second kappa shape index (κ2) is 7.30. The van der Waals surface area contributed by atoms with Crippen LogP contribution >= 0.6 is 24.4 Å². The van der Waals surface area contributed by atoms with Crippen molar-refractivity contribution < 1.29 is 4.43 Å². The molecule has 0 atom stereocenters. The van der Waals surface area contributed by atoms with Gasteiger partial charge in [0.25, 0.3) is 0 Å². The summed E-state index contributed by atoms with van der Waals surface area (Å²) in [5, 5.41) is 0. The fraction of sp³-hybridized carbons (Fsp3) is 1.00. The third kappa shape index (κ3) is 7.52. The molecule has 0 saturated heterocycles. The van der Waals surface area contributed by atoms with Crippen LogP contribution < -0.4 is 0 Å². The Morgan fingerprint density at radius 3 is 2.50 bits per heavy atom. The second-order valence-electron chi connectivity index (χ2n) is 3.40. The Bertz CT molecular complexity index is 109. The summed E-state index contributed by atoms with van der Waals surface area (Å²) in [4.78, 5) is 0. The third-order valence-electron chi connectivity index (χ3n) is 1.85. The lowest BCUT2D eigenvalue weighted by Gasteiger charge is -2.19. The van der Waals surface area contributed by atoms with Gasteiger partial charge < -0.3 is 4.43 Å². The van der Waals surface area contributed by atoms with E-state index in [0.717, 1.165) is 5.75 Å². The van der Waals surface area contributed by atoms with Crippen LogP contribution in [-0.4, -0.2) is 32.7 Å². The summed E-state index contributed by atoms with van der Waals surface area (Å²) < 4.78 is 5.45. The summed E-state index contributed by atoms with van der Waals surface area (Å²) in [5.41, 5.74) is 0. The predicted molar refractivity (Wildman–Crippen MR) is 65.1 cm³/mol. The van der Waals surface area contributed by atoms with Crippen LogP contribution in [-0.2, 0) is 4.43 Å². The van der Waals surface area contributed by atoms with E-state index in [1.54, 1.807) is 0 Å². The van der Waals surface area contributed by atoms with E-state index < -0.39 is 8.32 Å². The topological polar surface area (TPSA) is 9.23 Å². The quantitative estimate of drug-likeness (QED) is 0.404. The van der Waals surface area contributed by atoms with Crippen LogP contribution in [0.2, 0.25) is 19.1 Å². The van der Waals surface area contributed by atoms with E-state index in [4.69, 9.17) is 4.43 Å². The van der Waals surface area contributed by atoms with Crippen LogP contribution in [0, 0.1) is 0 Å². The van der Waals surface area contributed by atoms with Gasteiger partial charge in [-0.3, -0.25) is 0 Å². The summed E-state index contributed by atoms with van der Waals surface area (Å²) in [7, 11) is 0.561. The minimum absolute atomic E-state index is 1.01. The van der Waals surface area contributed by atoms with Crippen LogP contribution in [0.4, 0.5) is 0 Å². The van der Waals surface area contributed by atoms with E-state index in [0.29, 0.717) is 0 Å². The SMILES string of the molecule is CO[Si](C)(C)CCSCCCS. The maximum atomic E-state index is 5.45. The average Bonchev–Trinajstić information content (AvgIpc) is 2.04. The van der Waals surface area contributed by atoms with Gasteiger partial charge in [-0.25, -0.2) is 0 Å². The summed E-state index contributed by atoms with van der Waals surface area (Å²) >= 11 is 6.19. The Labute approximate surface area is 87.2 Å². The summed E-state index contributed by atoms with van der Waals surface area (Å²) in [6, 6.07) is 1.26. The van der Waals surface area contributed by atoms with Crippen LogP contribution in [0.3, 0.4) is 0 Å². The molecular weight excluding hydrogens is 204 g/mol. The Kier molecular flexibility index (Phi) is 7.83. The Morgan fingerprint density at radius 2 is 2.00 bits per heavy atom. The third-order valence-corrected chi connectivity index (χ3v) is 6.16. The van der Waals surface area contributed by atoms with Gasteiger partial charge in [0.1, 0.15) is 0 Å². The van der Waals surface area contributed by atoms with Gasteiger partial charge in [0, 0.05) is 7.11 Å². The van der Waals surface area contributed by atoms with Gasteiger partial charge in [-0.15, -0.1) is 0 Å². The number of rotatable bonds is 7. The van der Waals surface area contributed by atoms with E-state index >= 15 is 0 Å². The molecule has 0 aliphatic carbocycles. The first kappa shape index (κ1) is 12.9.